The molecule has 4 aliphatic rings. The maximum atomic E-state index is 12.3. The van der Waals surface area contributed by atoms with Crippen LogP contribution in [0, 0.1) is 35.5 Å². The zero-order valence-electron chi connectivity index (χ0n) is 9.52. The van der Waals surface area contributed by atoms with Crippen LogP contribution in [0.2, 0.25) is 0 Å². The fourth-order valence-electron chi connectivity index (χ4n) is 5.32. The van der Waals surface area contributed by atoms with Crippen LogP contribution in [0.3, 0.4) is 0 Å². The van der Waals surface area contributed by atoms with Crippen molar-refractivity contribution in [3.63, 3.8) is 0 Å². The van der Waals surface area contributed by atoms with Crippen LogP contribution < -0.4 is 0 Å². The molecule has 0 spiro atoms. The van der Waals surface area contributed by atoms with Crippen LogP contribution in [0.25, 0.3) is 0 Å². The molecule has 0 aromatic carbocycles. The normalized spacial score (nSPS) is 54.2. The topological polar surface area (TPSA) is 34.1 Å². The van der Waals surface area contributed by atoms with Crippen molar-refractivity contribution in [3.8, 4) is 0 Å². The van der Waals surface area contributed by atoms with E-state index in [-0.39, 0.29) is 11.8 Å². The third-order valence-electron chi connectivity index (χ3n) is 5.91. The van der Waals surface area contributed by atoms with Crippen molar-refractivity contribution < 1.29 is 9.59 Å². The average Bonchev–Trinajstić information content (AvgIpc) is 2.90. The first-order valence-electron chi connectivity index (χ1n) is 6.82. The van der Waals surface area contributed by atoms with Gasteiger partial charge in [-0.05, 0) is 49.9 Å². The molecule has 2 heteroatoms. The van der Waals surface area contributed by atoms with Crippen molar-refractivity contribution in [1.82, 2.24) is 0 Å². The number of ketones is 2. The largest absolute Gasteiger partial charge is 0.299 e. The summed E-state index contributed by atoms with van der Waals surface area (Å²) in [6.45, 7) is 0. The minimum Gasteiger partial charge on any atom is -0.299 e. The Balaban J connectivity index is 1.78. The molecule has 4 fully saturated rings. The Kier molecular flexibility index (Phi) is 1.74. The van der Waals surface area contributed by atoms with Crippen LogP contribution >= 0.6 is 0 Å². The predicted molar refractivity (Wildman–Crippen MR) is 58.7 cm³/mol. The summed E-state index contributed by atoms with van der Waals surface area (Å²) in [5, 5.41) is 0. The molecule has 4 saturated carbocycles. The number of rotatable bonds is 0. The smallest absolute Gasteiger partial charge is 0.139 e. The summed E-state index contributed by atoms with van der Waals surface area (Å²) in [4.78, 5) is 24.3. The van der Waals surface area contributed by atoms with Gasteiger partial charge in [-0.3, -0.25) is 9.59 Å². The molecule has 0 heterocycles. The number of fused-ring (bicyclic) bond motifs is 1. The van der Waals surface area contributed by atoms with Crippen LogP contribution in [0.15, 0.2) is 0 Å². The van der Waals surface area contributed by atoms with Gasteiger partial charge in [0.05, 0.1) is 0 Å². The van der Waals surface area contributed by atoms with Crippen molar-refractivity contribution >= 4 is 11.6 Å². The summed E-state index contributed by atoms with van der Waals surface area (Å²) in [5.41, 5.74) is 0. The van der Waals surface area contributed by atoms with Crippen LogP contribution in [0.1, 0.15) is 38.5 Å². The standard InChI is InChI=1S/C14H18O2/c15-12-4-2-7-1-3-9-13(7)10-5-8(12)6-11(10)14(9)16/h7-11,13H,1-6H2. The van der Waals surface area contributed by atoms with Gasteiger partial charge in [0.25, 0.3) is 0 Å². The number of hydrogen-bond donors (Lipinski definition) is 0. The minimum absolute atomic E-state index is 0.251. The Hall–Kier alpha value is -0.660. The first kappa shape index (κ1) is 9.38. The predicted octanol–water partition coefficient (Wildman–Crippen LogP) is 2.22. The molecule has 6 atom stereocenters. The second-order valence-corrected chi connectivity index (χ2v) is 6.37. The van der Waals surface area contributed by atoms with Gasteiger partial charge in [-0.25, -0.2) is 0 Å². The maximum absolute atomic E-state index is 12.3. The Morgan fingerprint density at radius 3 is 2.69 bits per heavy atom. The summed E-state index contributed by atoms with van der Waals surface area (Å²) in [7, 11) is 0. The average molecular weight is 218 g/mol. The fourth-order valence-corrected chi connectivity index (χ4v) is 5.32. The highest BCUT2D eigenvalue weighted by Gasteiger charge is 2.59. The third kappa shape index (κ3) is 0.988. The Morgan fingerprint density at radius 1 is 0.938 bits per heavy atom. The third-order valence-corrected chi connectivity index (χ3v) is 5.91. The monoisotopic (exact) mass is 218 g/mol. The van der Waals surface area contributed by atoms with E-state index in [2.05, 4.69) is 0 Å². The molecule has 16 heavy (non-hydrogen) atoms. The molecule has 4 aliphatic carbocycles. The van der Waals surface area contributed by atoms with E-state index in [1.807, 2.05) is 0 Å². The number of hydrogen-bond acceptors (Lipinski definition) is 2. The van der Waals surface area contributed by atoms with E-state index in [4.69, 9.17) is 0 Å². The molecule has 86 valence electrons. The quantitative estimate of drug-likeness (QED) is 0.624. The summed E-state index contributed by atoms with van der Waals surface area (Å²) in [6, 6.07) is 0. The number of carbonyl (C=O) groups is 2. The van der Waals surface area contributed by atoms with Gasteiger partial charge in [0.15, 0.2) is 0 Å². The first-order valence-corrected chi connectivity index (χ1v) is 6.82. The lowest BCUT2D eigenvalue weighted by molar-refractivity contribution is -0.125. The highest BCUT2D eigenvalue weighted by Crippen LogP contribution is 2.60. The molecule has 0 saturated heterocycles. The molecule has 2 bridgehead atoms. The second-order valence-electron chi connectivity index (χ2n) is 6.37. The molecule has 0 aromatic rings. The number of Topliss-reactive ketones (excluding diaryl/α,β-unsaturated/α-hetero) is 2. The van der Waals surface area contributed by atoms with Gasteiger partial charge < -0.3 is 0 Å². The molecule has 0 aromatic heterocycles. The lowest BCUT2D eigenvalue weighted by Crippen LogP contribution is -2.25. The van der Waals surface area contributed by atoms with Gasteiger partial charge in [-0.2, -0.15) is 0 Å². The molecule has 0 radical (unpaired) electrons. The van der Waals surface area contributed by atoms with Crippen molar-refractivity contribution in [2.75, 3.05) is 0 Å². The van der Waals surface area contributed by atoms with Gasteiger partial charge in [0.1, 0.15) is 11.6 Å². The van der Waals surface area contributed by atoms with Crippen LogP contribution in [0.4, 0.5) is 0 Å². The van der Waals surface area contributed by atoms with E-state index in [1.54, 1.807) is 0 Å². The van der Waals surface area contributed by atoms with E-state index >= 15 is 0 Å². The van der Waals surface area contributed by atoms with Crippen molar-refractivity contribution in [2.45, 2.75) is 38.5 Å². The summed E-state index contributed by atoms with van der Waals surface area (Å²) < 4.78 is 0. The van der Waals surface area contributed by atoms with Crippen molar-refractivity contribution in [3.05, 3.63) is 0 Å². The molecule has 6 unspecified atom stereocenters. The lowest BCUT2D eigenvalue weighted by Gasteiger charge is -2.27. The summed E-state index contributed by atoms with van der Waals surface area (Å²) in [6.07, 6.45) is 6.16. The van der Waals surface area contributed by atoms with Gasteiger partial charge >= 0.3 is 0 Å². The molecular formula is C14H18O2. The second kappa shape index (κ2) is 2.96. The highest BCUT2D eigenvalue weighted by molar-refractivity contribution is 5.90. The Morgan fingerprint density at radius 2 is 1.81 bits per heavy atom. The van der Waals surface area contributed by atoms with E-state index in [0.29, 0.717) is 35.2 Å². The van der Waals surface area contributed by atoms with E-state index < -0.39 is 0 Å². The molecule has 0 amide bonds. The molecule has 4 rings (SSSR count). The highest BCUT2D eigenvalue weighted by atomic mass is 16.1. The SMILES string of the molecule is O=C1CCC2CCC3C(=O)C4CC1CC4C23. The Labute approximate surface area is 95.8 Å². The minimum atomic E-state index is 0.251. The van der Waals surface area contributed by atoms with Gasteiger partial charge in [0.2, 0.25) is 0 Å². The van der Waals surface area contributed by atoms with Crippen molar-refractivity contribution in [1.29, 1.82) is 0 Å². The zero-order valence-corrected chi connectivity index (χ0v) is 9.52. The summed E-state index contributed by atoms with van der Waals surface area (Å²) >= 11 is 0. The van der Waals surface area contributed by atoms with E-state index in [0.717, 1.165) is 32.1 Å². The van der Waals surface area contributed by atoms with Crippen LogP contribution in [-0.4, -0.2) is 11.6 Å². The van der Waals surface area contributed by atoms with Crippen molar-refractivity contribution in [2.24, 2.45) is 35.5 Å². The fraction of sp³-hybridized carbons (Fsp3) is 0.857. The summed E-state index contributed by atoms with van der Waals surface area (Å²) in [5.74, 6) is 3.90. The number of carbonyl (C=O) groups excluding carboxylic acids is 2. The first-order chi connectivity index (χ1) is 7.75. The van der Waals surface area contributed by atoms with E-state index in [1.165, 1.54) is 6.42 Å². The molecule has 2 nitrogen and oxygen atoms in total. The zero-order chi connectivity index (χ0) is 10.9. The molecule has 0 aliphatic heterocycles. The Bertz CT molecular complexity index is 373. The van der Waals surface area contributed by atoms with Gasteiger partial charge in [-0.1, -0.05) is 0 Å². The van der Waals surface area contributed by atoms with E-state index in [9.17, 15) is 9.59 Å². The van der Waals surface area contributed by atoms with Crippen LogP contribution in [-0.2, 0) is 9.59 Å². The van der Waals surface area contributed by atoms with Gasteiger partial charge in [-0.15, -0.1) is 0 Å². The van der Waals surface area contributed by atoms with Gasteiger partial charge in [0, 0.05) is 24.2 Å². The lowest BCUT2D eigenvalue weighted by atomic mass is 9.77. The molecular weight excluding hydrogens is 200 g/mol. The maximum Gasteiger partial charge on any atom is 0.139 e. The molecule has 0 N–H and O–H groups in total. The van der Waals surface area contributed by atoms with Crippen LogP contribution in [0.5, 0.6) is 0 Å².